The van der Waals surface area contributed by atoms with Crippen LogP contribution in [0.3, 0.4) is 0 Å². The van der Waals surface area contributed by atoms with Crippen LogP contribution >= 0.6 is 0 Å². The van der Waals surface area contributed by atoms with Crippen LogP contribution in [-0.2, 0) is 0 Å². The molecule has 7 nitrogen and oxygen atoms in total. The molecule has 0 aliphatic carbocycles. The number of hydrogen-bond donors (Lipinski definition) is 2. The molecule has 0 aliphatic rings. The van der Waals surface area contributed by atoms with Gasteiger partial charge in [0.05, 0.1) is 11.6 Å². The molecule has 2 N–H and O–H groups in total. The van der Waals surface area contributed by atoms with Crippen LogP contribution < -0.4 is 15.6 Å². The lowest BCUT2D eigenvalue weighted by molar-refractivity contribution is 0.427. The van der Waals surface area contributed by atoms with Gasteiger partial charge in [0.15, 0.2) is 0 Å². The fourth-order valence-corrected chi connectivity index (χ4v) is 2.64. The minimum absolute atomic E-state index is 0.0378. The van der Waals surface area contributed by atoms with Gasteiger partial charge in [-0.25, -0.2) is 5.10 Å². The molecule has 0 unspecified atom stereocenters. The molecule has 0 amide bonds. The monoisotopic (exact) mass is 347 g/mol. The Kier molecular flexibility index (Phi) is 4.67. The summed E-state index contributed by atoms with van der Waals surface area (Å²) in [4.78, 5) is 16.1. The van der Waals surface area contributed by atoms with Crippen molar-refractivity contribution in [2.75, 3.05) is 5.32 Å². The Labute approximate surface area is 150 Å². The maximum absolute atomic E-state index is 12.0. The first-order valence-corrected chi connectivity index (χ1v) is 7.96. The molecule has 7 heteroatoms. The number of aromatic nitrogens is 3. The highest BCUT2D eigenvalue weighted by atomic mass is 16.5. The lowest BCUT2D eigenvalue weighted by Crippen LogP contribution is -2.16. The van der Waals surface area contributed by atoms with Gasteiger partial charge in [0.2, 0.25) is 5.82 Å². The van der Waals surface area contributed by atoms with Crippen LogP contribution in [0, 0.1) is 32.1 Å². The van der Waals surface area contributed by atoms with Crippen molar-refractivity contribution in [2.45, 2.75) is 20.8 Å². The van der Waals surface area contributed by atoms with Crippen molar-refractivity contribution in [3.05, 3.63) is 69.0 Å². The zero-order valence-corrected chi connectivity index (χ0v) is 14.6. The Morgan fingerprint density at radius 1 is 1.12 bits per heavy atom. The van der Waals surface area contributed by atoms with Gasteiger partial charge in [0.1, 0.15) is 5.75 Å². The summed E-state index contributed by atoms with van der Waals surface area (Å²) in [6.07, 6.45) is 0. The second-order valence-corrected chi connectivity index (χ2v) is 5.94. The Hall–Kier alpha value is -3.66. The van der Waals surface area contributed by atoms with Gasteiger partial charge in [-0.3, -0.25) is 4.79 Å². The molecule has 0 atom stereocenters. The average Bonchev–Trinajstić information content (AvgIpc) is 2.61. The topological polar surface area (TPSA) is 104 Å². The number of aromatic amines is 1. The maximum Gasteiger partial charge on any atom is 0.341 e. The molecule has 3 rings (SSSR count). The third-order valence-electron chi connectivity index (χ3n) is 3.75. The minimum Gasteiger partial charge on any atom is -0.423 e. The minimum atomic E-state index is -0.473. The van der Waals surface area contributed by atoms with Gasteiger partial charge in [-0.15, -0.1) is 5.10 Å². The molecule has 0 bridgehead atoms. The molecule has 1 aromatic heterocycles. The number of nitriles is 1. The third-order valence-corrected chi connectivity index (χ3v) is 3.75. The van der Waals surface area contributed by atoms with E-state index in [2.05, 4.69) is 20.5 Å². The van der Waals surface area contributed by atoms with E-state index >= 15 is 0 Å². The SMILES string of the molecule is Cc1cc(C)c(Oc2n[nH]c(=O)c(Nc3ccc(C#N)cc3)n2)c(C)c1. The zero-order valence-electron chi connectivity index (χ0n) is 14.6. The number of benzene rings is 2. The lowest BCUT2D eigenvalue weighted by Gasteiger charge is -2.12. The number of hydrogen-bond acceptors (Lipinski definition) is 6. The maximum atomic E-state index is 12.0. The highest BCUT2D eigenvalue weighted by molar-refractivity contribution is 5.56. The molecule has 0 saturated heterocycles. The second kappa shape index (κ2) is 7.07. The summed E-state index contributed by atoms with van der Waals surface area (Å²) in [5, 5.41) is 18.0. The fraction of sp³-hybridized carbons (Fsp3) is 0.158. The normalized spacial score (nSPS) is 10.2. The second-order valence-electron chi connectivity index (χ2n) is 5.94. The van der Waals surface area contributed by atoms with E-state index in [9.17, 15) is 4.79 Å². The summed E-state index contributed by atoms with van der Waals surface area (Å²) in [6.45, 7) is 5.90. The molecule has 0 fully saturated rings. The number of nitrogens with zero attached hydrogens (tertiary/aromatic N) is 3. The standard InChI is InChI=1S/C19H17N5O2/c1-11-8-12(2)16(13(3)9-11)26-19-22-17(18(25)23-24-19)21-15-6-4-14(10-20)5-7-15/h4-9H,1-3H3,(H,23,25)(H,21,22,24). The van der Waals surface area contributed by atoms with E-state index in [-0.39, 0.29) is 11.8 Å². The van der Waals surface area contributed by atoms with Gasteiger partial charge in [-0.1, -0.05) is 17.7 Å². The molecule has 1 heterocycles. The van der Waals surface area contributed by atoms with Crippen molar-refractivity contribution in [1.29, 1.82) is 5.26 Å². The van der Waals surface area contributed by atoms with Crippen LogP contribution in [0.4, 0.5) is 11.5 Å². The lowest BCUT2D eigenvalue weighted by atomic mass is 10.1. The summed E-state index contributed by atoms with van der Waals surface area (Å²) in [6, 6.07) is 12.8. The van der Waals surface area contributed by atoms with Crippen LogP contribution in [0.1, 0.15) is 22.3 Å². The highest BCUT2D eigenvalue weighted by Crippen LogP contribution is 2.28. The van der Waals surface area contributed by atoms with Gasteiger partial charge in [-0.2, -0.15) is 10.2 Å². The van der Waals surface area contributed by atoms with Gasteiger partial charge in [0, 0.05) is 5.69 Å². The van der Waals surface area contributed by atoms with Crippen LogP contribution in [0.25, 0.3) is 0 Å². The van der Waals surface area contributed by atoms with Crippen molar-refractivity contribution in [3.8, 4) is 17.8 Å². The Bertz CT molecular complexity index is 1030. The molecule has 0 spiro atoms. The summed E-state index contributed by atoms with van der Waals surface area (Å²) in [5.74, 6) is 0.717. The zero-order chi connectivity index (χ0) is 18.7. The highest BCUT2D eigenvalue weighted by Gasteiger charge is 2.11. The number of ether oxygens (including phenoxy) is 1. The predicted molar refractivity (Wildman–Crippen MR) is 97.8 cm³/mol. The molecule has 2 aromatic carbocycles. The molecule has 130 valence electrons. The molecule has 26 heavy (non-hydrogen) atoms. The van der Waals surface area contributed by atoms with Crippen LogP contribution in [0.15, 0.2) is 41.2 Å². The van der Waals surface area contributed by atoms with Crippen molar-refractivity contribution in [3.63, 3.8) is 0 Å². The van der Waals surface area contributed by atoms with E-state index in [0.717, 1.165) is 16.7 Å². The van der Waals surface area contributed by atoms with Crippen molar-refractivity contribution in [2.24, 2.45) is 0 Å². The van der Waals surface area contributed by atoms with Gasteiger partial charge >= 0.3 is 11.6 Å². The quantitative estimate of drug-likeness (QED) is 0.748. The van der Waals surface area contributed by atoms with E-state index in [1.165, 1.54) is 0 Å². The Morgan fingerprint density at radius 3 is 2.38 bits per heavy atom. The molecule has 0 aliphatic heterocycles. The number of H-pyrrole nitrogens is 1. The first-order chi connectivity index (χ1) is 12.5. The summed E-state index contributed by atoms with van der Waals surface area (Å²) in [7, 11) is 0. The van der Waals surface area contributed by atoms with Gasteiger partial charge in [0.25, 0.3) is 0 Å². The largest absolute Gasteiger partial charge is 0.423 e. The molecule has 3 aromatic rings. The molecule has 0 saturated carbocycles. The van der Waals surface area contributed by atoms with Crippen LogP contribution in [-0.4, -0.2) is 15.2 Å². The van der Waals surface area contributed by atoms with Gasteiger partial charge in [-0.05, 0) is 56.2 Å². The van der Waals surface area contributed by atoms with E-state index in [0.29, 0.717) is 17.0 Å². The number of aryl methyl sites for hydroxylation is 3. The predicted octanol–water partition coefficient (Wildman–Crippen LogP) is 3.50. The van der Waals surface area contributed by atoms with Crippen molar-refractivity contribution >= 4 is 11.5 Å². The van der Waals surface area contributed by atoms with Gasteiger partial charge < -0.3 is 10.1 Å². The Balaban J connectivity index is 1.88. The smallest absolute Gasteiger partial charge is 0.341 e. The van der Waals surface area contributed by atoms with Crippen molar-refractivity contribution < 1.29 is 4.74 Å². The van der Waals surface area contributed by atoms with Crippen LogP contribution in [0.2, 0.25) is 0 Å². The molecular formula is C19H17N5O2. The molecular weight excluding hydrogens is 330 g/mol. The summed E-state index contributed by atoms with van der Waals surface area (Å²) < 4.78 is 5.79. The summed E-state index contributed by atoms with van der Waals surface area (Å²) >= 11 is 0. The van der Waals surface area contributed by atoms with E-state index < -0.39 is 5.56 Å². The van der Waals surface area contributed by atoms with Crippen molar-refractivity contribution in [1.82, 2.24) is 15.2 Å². The molecule has 0 radical (unpaired) electrons. The fourth-order valence-electron chi connectivity index (χ4n) is 2.64. The Morgan fingerprint density at radius 2 is 1.77 bits per heavy atom. The van der Waals surface area contributed by atoms with Crippen LogP contribution in [0.5, 0.6) is 11.8 Å². The number of anilines is 2. The first kappa shape index (κ1) is 17.2. The summed E-state index contributed by atoms with van der Waals surface area (Å²) in [5.41, 5.74) is 3.73. The number of rotatable bonds is 4. The van der Waals surface area contributed by atoms with E-state index in [1.807, 2.05) is 39.0 Å². The van der Waals surface area contributed by atoms with E-state index in [4.69, 9.17) is 10.00 Å². The van der Waals surface area contributed by atoms with E-state index in [1.54, 1.807) is 24.3 Å². The number of nitrogens with one attached hydrogen (secondary N) is 2. The average molecular weight is 347 g/mol. The first-order valence-electron chi connectivity index (χ1n) is 7.96. The third kappa shape index (κ3) is 3.70.